The molecule has 0 N–H and O–H groups in total. The number of benzene rings is 1. The Morgan fingerprint density at radius 1 is 1.28 bits per heavy atom. The first-order valence-electron chi connectivity index (χ1n) is 8.28. The molecule has 0 aliphatic carbocycles. The molecule has 130 valence electrons. The Kier molecular flexibility index (Phi) is 5.49. The fourth-order valence-electron chi connectivity index (χ4n) is 3.09. The maximum absolute atomic E-state index is 11.5. The van der Waals surface area contributed by atoms with Gasteiger partial charge in [0.1, 0.15) is 18.1 Å². The molecule has 2 heterocycles. The summed E-state index contributed by atoms with van der Waals surface area (Å²) in [6.07, 6.45) is 1.43. The lowest BCUT2D eigenvalue weighted by molar-refractivity contribution is 0.0600. The van der Waals surface area contributed by atoms with Gasteiger partial charge in [0.05, 0.1) is 25.3 Å². The van der Waals surface area contributed by atoms with Gasteiger partial charge in [0.15, 0.2) is 0 Å². The number of hydrogen-bond donors (Lipinski definition) is 0. The number of carbonyl (C=O) groups excluding carboxylic acids is 1. The van der Waals surface area contributed by atoms with E-state index in [1.54, 1.807) is 6.07 Å². The van der Waals surface area contributed by atoms with E-state index in [-0.39, 0.29) is 12.0 Å². The van der Waals surface area contributed by atoms with Crippen LogP contribution in [0.3, 0.4) is 0 Å². The molecule has 6 heteroatoms. The first kappa shape index (κ1) is 17.2. The molecule has 1 saturated heterocycles. The van der Waals surface area contributed by atoms with Crippen LogP contribution in [0.25, 0.3) is 0 Å². The minimum atomic E-state index is -0.389. The molecule has 1 aliphatic rings. The zero-order chi connectivity index (χ0) is 17.6. The lowest BCUT2D eigenvalue weighted by atomic mass is 10.1. The molecule has 3 rings (SSSR count). The SMILES string of the molecule is COC(=O)c1coc(CN2CCN([C@H](C#N)c3ccccc3)CC2)c1. The van der Waals surface area contributed by atoms with Crippen LogP contribution >= 0.6 is 0 Å². The van der Waals surface area contributed by atoms with Crippen LogP contribution in [0.1, 0.15) is 27.7 Å². The van der Waals surface area contributed by atoms with Gasteiger partial charge in [0.2, 0.25) is 0 Å². The number of carbonyl (C=O) groups is 1. The van der Waals surface area contributed by atoms with Gasteiger partial charge >= 0.3 is 5.97 Å². The van der Waals surface area contributed by atoms with Crippen LogP contribution < -0.4 is 0 Å². The Morgan fingerprint density at radius 3 is 2.64 bits per heavy atom. The molecule has 1 fully saturated rings. The number of rotatable bonds is 5. The average molecular weight is 339 g/mol. The van der Waals surface area contributed by atoms with Crippen molar-refractivity contribution in [3.63, 3.8) is 0 Å². The lowest BCUT2D eigenvalue weighted by Crippen LogP contribution is -2.46. The highest BCUT2D eigenvalue weighted by molar-refractivity contribution is 5.88. The Bertz CT molecular complexity index is 743. The molecule has 0 saturated carbocycles. The Morgan fingerprint density at radius 2 is 2.00 bits per heavy atom. The van der Waals surface area contributed by atoms with E-state index in [9.17, 15) is 10.1 Å². The van der Waals surface area contributed by atoms with E-state index in [1.807, 2.05) is 30.3 Å². The molecule has 0 amide bonds. The Hall–Kier alpha value is -2.62. The van der Waals surface area contributed by atoms with Crippen LogP contribution in [0.15, 0.2) is 47.1 Å². The van der Waals surface area contributed by atoms with E-state index in [1.165, 1.54) is 13.4 Å². The van der Waals surface area contributed by atoms with Gasteiger partial charge in [0.25, 0.3) is 0 Å². The van der Waals surface area contributed by atoms with E-state index >= 15 is 0 Å². The van der Waals surface area contributed by atoms with Crippen molar-refractivity contribution in [3.05, 3.63) is 59.5 Å². The minimum Gasteiger partial charge on any atom is -0.467 e. The zero-order valence-corrected chi connectivity index (χ0v) is 14.2. The maximum Gasteiger partial charge on any atom is 0.341 e. The predicted octanol–water partition coefficient (Wildman–Crippen LogP) is 2.45. The van der Waals surface area contributed by atoms with Crippen LogP contribution in [-0.4, -0.2) is 49.1 Å². The fraction of sp³-hybridized carbons (Fsp3) is 0.368. The summed E-state index contributed by atoms with van der Waals surface area (Å²) in [5.74, 6) is 0.355. The number of methoxy groups -OCH3 is 1. The Balaban J connectivity index is 1.56. The minimum absolute atomic E-state index is 0.210. The fourth-order valence-corrected chi connectivity index (χ4v) is 3.09. The van der Waals surface area contributed by atoms with Crippen LogP contribution in [0.4, 0.5) is 0 Å². The summed E-state index contributed by atoms with van der Waals surface area (Å²) in [4.78, 5) is 15.9. The molecular formula is C19H21N3O3. The van der Waals surface area contributed by atoms with Crippen molar-refractivity contribution in [2.45, 2.75) is 12.6 Å². The summed E-state index contributed by atoms with van der Waals surface area (Å²) in [6.45, 7) is 3.97. The van der Waals surface area contributed by atoms with E-state index in [4.69, 9.17) is 4.42 Å². The maximum atomic E-state index is 11.5. The van der Waals surface area contributed by atoms with Crippen molar-refractivity contribution < 1.29 is 13.9 Å². The molecule has 1 aliphatic heterocycles. The first-order chi connectivity index (χ1) is 12.2. The average Bonchev–Trinajstić information content (AvgIpc) is 3.12. The largest absolute Gasteiger partial charge is 0.467 e. The van der Waals surface area contributed by atoms with Crippen LogP contribution in [0.5, 0.6) is 0 Å². The van der Waals surface area contributed by atoms with Gasteiger partial charge in [-0.2, -0.15) is 5.26 Å². The highest BCUT2D eigenvalue weighted by atomic mass is 16.5. The van der Waals surface area contributed by atoms with Gasteiger partial charge in [-0.05, 0) is 11.6 Å². The summed E-state index contributed by atoms with van der Waals surface area (Å²) < 4.78 is 10.1. The molecule has 1 atom stereocenters. The second-order valence-electron chi connectivity index (χ2n) is 6.05. The second kappa shape index (κ2) is 7.97. The van der Waals surface area contributed by atoms with Crippen molar-refractivity contribution in [3.8, 4) is 6.07 Å². The molecule has 1 aromatic carbocycles. The number of furan rings is 1. The molecule has 6 nitrogen and oxygen atoms in total. The molecule has 0 bridgehead atoms. The quantitative estimate of drug-likeness (QED) is 0.780. The Labute approximate surface area is 147 Å². The van der Waals surface area contributed by atoms with E-state index in [0.717, 1.165) is 37.5 Å². The van der Waals surface area contributed by atoms with Crippen LogP contribution in [-0.2, 0) is 11.3 Å². The monoisotopic (exact) mass is 339 g/mol. The molecule has 0 radical (unpaired) electrons. The van der Waals surface area contributed by atoms with E-state index in [2.05, 4.69) is 20.6 Å². The summed E-state index contributed by atoms with van der Waals surface area (Å²) in [6, 6.07) is 13.8. The summed E-state index contributed by atoms with van der Waals surface area (Å²) in [7, 11) is 1.35. The van der Waals surface area contributed by atoms with Gasteiger partial charge in [-0.15, -0.1) is 0 Å². The molecular weight excluding hydrogens is 318 g/mol. The molecule has 0 spiro atoms. The predicted molar refractivity (Wildman–Crippen MR) is 91.7 cm³/mol. The van der Waals surface area contributed by atoms with Crippen LogP contribution in [0.2, 0.25) is 0 Å². The molecule has 25 heavy (non-hydrogen) atoms. The van der Waals surface area contributed by atoms with Gasteiger partial charge in [-0.3, -0.25) is 9.80 Å². The lowest BCUT2D eigenvalue weighted by Gasteiger charge is -2.36. The topological polar surface area (TPSA) is 69.7 Å². The summed E-state index contributed by atoms with van der Waals surface area (Å²) in [5, 5.41) is 9.55. The van der Waals surface area contributed by atoms with E-state index < -0.39 is 0 Å². The normalized spacial score (nSPS) is 17.0. The third-order valence-electron chi connectivity index (χ3n) is 4.46. The smallest absolute Gasteiger partial charge is 0.341 e. The van der Waals surface area contributed by atoms with Crippen molar-refractivity contribution in [2.24, 2.45) is 0 Å². The third kappa shape index (κ3) is 4.08. The summed E-state index contributed by atoms with van der Waals surface area (Å²) in [5.41, 5.74) is 1.47. The summed E-state index contributed by atoms with van der Waals surface area (Å²) >= 11 is 0. The molecule has 0 unspecified atom stereocenters. The van der Waals surface area contributed by atoms with Crippen molar-refractivity contribution in [1.82, 2.24) is 9.80 Å². The van der Waals surface area contributed by atoms with Gasteiger partial charge in [-0.25, -0.2) is 4.79 Å². The number of ether oxygens (including phenoxy) is 1. The van der Waals surface area contributed by atoms with Gasteiger partial charge in [0, 0.05) is 26.2 Å². The number of nitriles is 1. The van der Waals surface area contributed by atoms with Crippen molar-refractivity contribution >= 4 is 5.97 Å². The zero-order valence-electron chi connectivity index (χ0n) is 14.2. The van der Waals surface area contributed by atoms with E-state index in [0.29, 0.717) is 12.1 Å². The number of nitrogens with zero attached hydrogens (tertiary/aromatic N) is 3. The number of hydrogen-bond acceptors (Lipinski definition) is 6. The van der Waals surface area contributed by atoms with Gasteiger partial charge in [-0.1, -0.05) is 30.3 Å². The second-order valence-corrected chi connectivity index (χ2v) is 6.05. The number of piperazine rings is 1. The number of esters is 1. The third-order valence-corrected chi connectivity index (χ3v) is 4.46. The molecule has 2 aromatic rings. The van der Waals surface area contributed by atoms with Crippen LogP contribution in [0, 0.1) is 11.3 Å². The highest BCUT2D eigenvalue weighted by Gasteiger charge is 2.25. The van der Waals surface area contributed by atoms with Crippen molar-refractivity contribution in [2.75, 3.05) is 33.3 Å². The molecule has 1 aromatic heterocycles. The van der Waals surface area contributed by atoms with Gasteiger partial charge < -0.3 is 9.15 Å². The first-order valence-corrected chi connectivity index (χ1v) is 8.28. The van der Waals surface area contributed by atoms with Crippen molar-refractivity contribution in [1.29, 1.82) is 5.26 Å². The highest BCUT2D eigenvalue weighted by Crippen LogP contribution is 2.22. The standard InChI is InChI=1S/C19H21N3O3/c1-24-19(23)16-11-17(25-14-16)13-21-7-9-22(10-8-21)18(12-20)15-5-3-2-4-6-15/h2-6,11,14,18H,7-10,13H2,1H3/t18-/m1/s1.